The lowest BCUT2D eigenvalue weighted by molar-refractivity contribution is -0.117. The van der Waals surface area contributed by atoms with Crippen LogP contribution >= 0.6 is 0 Å². The Morgan fingerprint density at radius 1 is 1.16 bits per heavy atom. The van der Waals surface area contributed by atoms with Gasteiger partial charge in [0, 0.05) is 24.5 Å². The number of benzene rings is 1. The van der Waals surface area contributed by atoms with Gasteiger partial charge in [0.2, 0.25) is 0 Å². The Kier molecular flexibility index (Phi) is 6.86. The number of hydrogen-bond donors (Lipinski definition) is 2. The number of hydrogen-bond acceptors (Lipinski definition) is 3. The molecular weight excluding hydrogens is 409 g/mol. The summed E-state index contributed by atoms with van der Waals surface area (Å²) in [6.45, 7) is 10.4. The third-order valence-corrected chi connectivity index (χ3v) is 6.41. The third-order valence-electron chi connectivity index (χ3n) is 6.41. The minimum Gasteiger partial charge on any atom is -0.349 e. The first-order chi connectivity index (χ1) is 15.1. The fourth-order valence-corrected chi connectivity index (χ4v) is 4.02. The van der Waals surface area contributed by atoms with Crippen LogP contribution in [-0.2, 0) is 17.8 Å². The number of nitrogens with one attached hydrogen (secondary N) is 2. The van der Waals surface area contributed by atoms with Gasteiger partial charge in [-0.3, -0.25) is 14.4 Å². The normalized spacial score (nSPS) is 13.4. The monoisotopic (exact) mass is 441 g/mol. The van der Waals surface area contributed by atoms with Crippen molar-refractivity contribution in [1.29, 1.82) is 0 Å². The van der Waals surface area contributed by atoms with Crippen LogP contribution in [0.3, 0.4) is 0 Å². The summed E-state index contributed by atoms with van der Waals surface area (Å²) in [6.07, 6.45) is 3.31. The van der Waals surface area contributed by atoms with E-state index in [4.69, 9.17) is 0 Å². The first-order valence-electron chi connectivity index (χ1n) is 11.2. The molecule has 2 heterocycles. The number of aromatic nitrogens is 1. The molecule has 0 bridgehead atoms. The van der Waals surface area contributed by atoms with Gasteiger partial charge in [-0.15, -0.1) is 0 Å². The van der Waals surface area contributed by atoms with Gasteiger partial charge in [-0.05, 0) is 74.3 Å². The molecule has 172 valence electrons. The number of ketones is 1. The number of carbonyl (C=O) groups is 3. The molecule has 0 unspecified atom stereocenters. The van der Waals surface area contributed by atoms with Crippen LogP contribution in [0.5, 0.6) is 0 Å². The zero-order valence-corrected chi connectivity index (χ0v) is 19.5. The van der Waals surface area contributed by atoms with Gasteiger partial charge in [-0.1, -0.05) is 20.8 Å². The number of nitrogens with zero attached hydrogens (tertiary/aromatic N) is 1. The van der Waals surface area contributed by atoms with Crippen molar-refractivity contribution < 1.29 is 18.8 Å². The molecule has 1 aromatic carbocycles. The van der Waals surface area contributed by atoms with Crippen LogP contribution in [0.4, 0.5) is 10.1 Å². The van der Waals surface area contributed by atoms with Crippen molar-refractivity contribution in [3.8, 4) is 0 Å². The van der Waals surface area contributed by atoms with Crippen molar-refractivity contribution in [2.75, 3.05) is 11.9 Å². The van der Waals surface area contributed by atoms with E-state index < -0.39 is 11.7 Å². The Hall–Kier alpha value is -2.96. The smallest absolute Gasteiger partial charge is 0.294 e. The summed E-state index contributed by atoms with van der Waals surface area (Å²) in [6, 6.07) is 4.39. The number of aryl methyl sites for hydroxylation is 1. The summed E-state index contributed by atoms with van der Waals surface area (Å²) >= 11 is 0. The minimum atomic E-state index is -0.651. The third kappa shape index (κ3) is 4.76. The lowest BCUT2D eigenvalue weighted by atomic mass is 9.90. The summed E-state index contributed by atoms with van der Waals surface area (Å²) in [7, 11) is 0. The van der Waals surface area contributed by atoms with E-state index in [9.17, 15) is 18.8 Å². The Morgan fingerprint density at radius 3 is 2.53 bits per heavy atom. The van der Waals surface area contributed by atoms with Gasteiger partial charge in [0.1, 0.15) is 5.82 Å². The molecule has 1 aliphatic heterocycles. The van der Waals surface area contributed by atoms with Crippen LogP contribution in [0, 0.1) is 25.1 Å². The van der Waals surface area contributed by atoms with Crippen molar-refractivity contribution in [3.63, 3.8) is 0 Å². The molecule has 0 saturated carbocycles. The van der Waals surface area contributed by atoms with E-state index in [1.807, 2.05) is 25.3 Å². The lowest BCUT2D eigenvalue weighted by Gasteiger charge is -2.23. The number of carbonyl (C=O) groups excluding carboxylic acids is 3. The summed E-state index contributed by atoms with van der Waals surface area (Å²) in [5.41, 5.74) is 2.80. The molecule has 0 radical (unpaired) electrons. The number of rotatable bonds is 7. The summed E-state index contributed by atoms with van der Waals surface area (Å²) in [5, 5.41) is 5.58. The average molecular weight is 442 g/mol. The molecule has 32 heavy (non-hydrogen) atoms. The molecular formula is C25H32FN3O3. The predicted molar refractivity (Wildman–Crippen MR) is 123 cm³/mol. The van der Waals surface area contributed by atoms with Gasteiger partial charge in [0.15, 0.2) is 0 Å². The highest BCUT2D eigenvalue weighted by molar-refractivity contribution is 6.43. The van der Waals surface area contributed by atoms with Crippen molar-refractivity contribution in [3.05, 3.63) is 52.1 Å². The summed E-state index contributed by atoms with van der Waals surface area (Å²) < 4.78 is 15.4. The molecule has 3 rings (SSSR count). The minimum absolute atomic E-state index is 0.109. The Balaban J connectivity index is 1.92. The molecule has 1 aromatic heterocycles. The fraction of sp³-hybridized carbons (Fsp3) is 0.480. The van der Waals surface area contributed by atoms with Crippen LogP contribution in [0.1, 0.15) is 77.7 Å². The highest BCUT2D eigenvalue weighted by Crippen LogP contribution is 2.30. The lowest BCUT2D eigenvalue weighted by Crippen LogP contribution is -2.38. The Labute approximate surface area is 188 Å². The SMILES string of the molecule is CCC(C)(C)CNC(=O)C(=O)c1c(C)c(C(=O)Nc2ccc(F)c(C)c2)c2n1CCCC2. The van der Waals surface area contributed by atoms with E-state index >= 15 is 0 Å². The molecule has 0 spiro atoms. The predicted octanol–water partition coefficient (Wildman–Crippen LogP) is 4.57. The molecule has 2 N–H and O–H groups in total. The largest absolute Gasteiger partial charge is 0.349 e. The van der Waals surface area contributed by atoms with E-state index in [1.54, 1.807) is 19.9 Å². The van der Waals surface area contributed by atoms with Gasteiger partial charge >= 0.3 is 0 Å². The first kappa shape index (κ1) is 23.7. The topological polar surface area (TPSA) is 80.2 Å². The zero-order valence-electron chi connectivity index (χ0n) is 19.5. The molecule has 7 heteroatoms. The molecule has 0 saturated heterocycles. The van der Waals surface area contributed by atoms with Gasteiger partial charge in [-0.25, -0.2) is 4.39 Å². The maximum atomic E-state index is 13.6. The van der Waals surface area contributed by atoms with Gasteiger partial charge < -0.3 is 15.2 Å². The van der Waals surface area contributed by atoms with Crippen LogP contribution < -0.4 is 10.6 Å². The van der Waals surface area contributed by atoms with Crippen molar-refractivity contribution >= 4 is 23.3 Å². The second-order valence-corrected chi connectivity index (χ2v) is 9.35. The van der Waals surface area contributed by atoms with E-state index in [0.717, 1.165) is 25.0 Å². The molecule has 0 fully saturated rings. The van der Waals surface area contributed by atoms with Crippen molar-refractivity contribution in [2.45, 2.75) is 66.8 Å². The van der Waals surface area contributed by atoms with E-state index in [2.05, 4.69) is 10.6 Å². The maximum Gasteiger partial charge on any atom is 0.294 e. The highest BCUT2D eigenvalue weighted by atomic mass is 19.1. The molecule has 6 nitrogen and oxygen atoms in total. The first-order valence-corrected chi connectivity index (χ1v) is 11.2. The number of amides is 2. The Morgan fingerprint density at radius 2 is 1.88 bits per heavy atom. The van der Waals surface area contributed by atoms with E-state index in [1.165, 1.54) is 12.1 Å². The van der Waals surface area contributed by atoms with Crippen LogP contribution in [0.15, 0.2) is 18.2 Å². The summed E-state index contributed by atoms with van der Waals surface area (Å²) in [4.78, 5) is 39.0. The van der Waals surface area contributed by atoms with Crippen LogP contribution in [0.2, 0.25) is 0 Å². The number of halogens is 1. The maximum absolute atomic E-state index is 13.6. The standard InChI is InChI=1S/C25H32FN3O3/c1-6-25(4,5)14-27-24(32)22(30)21-16(3)20(19-9-7-8-12-29(19)21)23(31)28-17-10-11-18(26)15(2)13-17/h10-11,13H,6-9,12,14H2,1-5H3,(H,27,32)(H,28,31). The van der Waals surface area contributed by atoms with E-state index in [0.29, 0.717) is 41.9 Å². The molecule has 2 aromatic rings. The quantitative estimate of drug-likeness (QED) is 0.488. The zero-order chi connectivity index (χ0) is 23.6. The second kappa shape index (κ2) is 9.27. The molecule has 0 aliphatic carbocycles. The van der Waals surface area contributed by atoms with Crippen molar-refractivity contribution in [1.82, 2.24) is 9.88 Å². The molecule has 0 atom stereocenters. The van der Waals surface area contributed by atoms with Crippen LogP contribution in [0.25, 0.3) is 0 Å². The average Bonchev–Trinajstić information content (AvgIpc) is 3.06. The summed E-state index contributed by atoms with van der Waals surface area (Å²) in [5.74, 6) is -1.97. The second-order valence-electron chi connectivity index (χ2n) is 9.35. The Bertz CT molecular complexity index is 1070. The van der Waals surface area contributed by atoms with Gasteiger partial charge in [-0.2, -0.15) is 0 Å². The fourth-order valence-electron chi connectivity index (χ4n) is 4.02. The van der Waals surface area contributed by atoms with Crippen LogP contribution in [-0.4, -0.2) is 28.7 Å². The number of fused-ring (bicyclic) bond motifs is 1. The van der Waals surface area contributed by atoms with Gasteiger partial charge in [0.05, 0.1) is 11.3 Å². The number of Topliss-reactive ketones (excluding diaryl/α,β-unsaturated/α-hetero) is 1. The number of anilines is 1. The van der Waals surface area contributed by atoms with Gasteiger partial charge in [0.25, 0.3) is 17.6 Å². The highest BCUT2D eigenvalue weighted by Gasteiger charge is 2.32. The van der Waals surface area contributed by atoms with Crippen molar-refractivity contribution in [2.24, 2.45) is 5.41 Å². The van der Waals surface area contributed by atoms with E-state index in [-0.39, 0.29) is 22.8 Å². The molecule has 1 aliphatic rings. The molecule has 2 amide bonds.